The largest absolute Gasteiger partial charge is 0.494 e. The molecule has 2 N–H and O–H groups in total. The quantitative estimate of drug-likeness (QED) is 0.629. The average Bonchev–Trinajstić information content (AvgIpc) is 2.58. The molecule has 0 spiro atoms. The number of nitrogens with zero attached hydrogens (tertiary/aromatic N) is 1. The lowest BCUT2D eigenvalue weighted by molar-refractivity contribution is -0.141. The van der Waals surface area contributed by atoms with Crippen LogP contribution in [0, 0.1) is 0 Å². The van der Waals surface area contributed by atoms with Gasteiger partial charge in [0, 0.05) is 25.6 Å². The number of carbonyl (C=O) groups is 3. The van der Waals surface area contributed by atoms with Crippen molar-refractivity contribution in [2.24, 2.45) is 0 Å². The van der Waals surface area contributed by atoms with Gasteiger partial charge in [-0.1, -0.05) is 13.3 Å². The molecule has 0 aliphatic rings. The molecule has 7 nitrogen and oxygen atoms in total. The Labute approximate surface area is 148 Å². The second-order valence-electron chi connectivity index (χ2n) is 5.72. The van der Waals surface area contributed by atoms with Crippen molar-refractivity contribution in [2.75, 3.05) is 19.7 Å². The lowest BCUT2D eigenvalue weighted by atomic mass is 10.1. The number of nitrogens with one attached hydrogen (secondary N) is 1. The SMILES string of the molecule is CCCCOc1ccc(C(=O)N(CCNC(C)=O)C(C)C(=O)O)cc1. The molecule has 25 heavy (non-hydrogen) atoms. The molecule has 0 saturated heterocycles. The molecule has 0 fully saturated rings. The van der Waals surface area contributed by atoms with Crippen molar-refractivity contribution in [1.29, 1.82) is 0 Å². The number of carbonyl (C=O) groups excluding carboxylic acids is 2. The molecule has 1 unspecified atom stereocenters. The van der Waals surface area contributed by atoms with E-state index in [0.29, 0.717) is 17.9 Å². The van der Waals surface area contributed by atoms with Crippen LogP contribution in [0.1, 0.15) is 44.0 Å². The summed E-state index contributed by atoms with van der Waals surface area (Å²) in [6.45, 7) is 5.80. The summed E-state index contributed by atoms with van der Waals surface area (Å²) in [4.78, 5) is 36.1. The van der Waals surface area contributed by atoms with Crippen molar-refractivity contribution in [1.82, 2.24) is 10.2 Å². The van der Waals surface area contributed by atoms with Crippen LogP contribution in [0.4, 0.5) is 0 Å². The summed E-state index contributed by atoms with van der Waals surface area (Å²) in [5.41, 5.74) is 0.374. The van der Waals surface area contributed by atoms with E-state index < -0.39 is 17.9 Å². The Morgan fingerprint density at radius 1 is 1.24 bits per heavy atom. The van der Waals surface area contributed by atoms with Gasteiger partial charge in [0.05, 0.1) is 6.61 Å². The Balaban J connectivity index is 2.81. The number of hydrogen-bond donors (Lipinski definition) is 2. The molecule has 0 heterocycles. The maximum atomic E-state index is 12.6. The topological polar surface area (TPSA) is 95.9 Å². The highest BCUT2D eigenvalue weighted by Gasteiger charge is 2.26. The molecular formula is C18H26N2O5. The zero-order valence-corrected chi connectivity index (χ0v) is 14.9. The second kappa shape index (κ2) is 10.3. The molecule has 1 atom stereocenters. The smallest absolute Gasteiger partial charge is 0.326 e. The number of benzene rings is 1. The van der Waals surface area contributed by atoms with Crippen LogP contribution in [0.2, 0.25) is 0 Å². The van der Waals surface area contributed by atoms with E-state index in [9.17, 15) is 19.5 Å². The molecule has 138 valence electrons. The van der Waals surface area contributed by atoms with E-state index in [4.69, 9.17) is 4.74 Å². The zero-order valence-electron chi connectivity index (χ0n) is 14.9. The summed E-state index contributed by atoms with van der Waals surface area (Å²) in [5.74, 6) is -1.07. The third kappa shape index (κ3) is 6.82. The molecular weight excluding hydrogens is 324 g/mol. The predicted octanol–water partition coefficient (Wildman–Crippen LogP) is 1.92. The number of unbranched alkanes of at least 4 members (excludes halogenated alkanes) is 1. The number of carboxylic acids is 1. The number of aliphatic carboxylic acids is 1. The lowest BCUT2D eigenvalue weighted by Crippen LogP contribution is -2.46. The van der Waals surface area contributed by atoms with Crippen LogP contribution in [0.15, 0.2) is 24.3 Å². The van der Waals surface area contributed by atoms with E-state index in [1.807, 2.05) is 0 Å². The summed E-state index contributed by atoms with van der Waals surface area (Å²) >= 11 is 0. The van der Waals surface area contributed by atoms with Crippen LogP contribution < -0.4 is 10.1 Å². The highest BCUT2D eigenvalue weighted by Crippen LogP contribution is 2.15. The van der Waals surface area contributed by atoms with Crippen molar-refractivity contribution in [3.63, 3.8) is 0 Å². The number of amides is 2. The Kier molecular flexibility index (Phi) is 8.46. The molecule has 0 aromatic heterocycles. The highest BCUT2D eigenvalue weighted by atomic mass is 16.5. The third-order valence-corrected chi connectivity index (χ3v) is 3.68. The minimum absolute atomic E-state index is 0.112. The average molecular weight is 350 g/mol. The van der Waals surface area contributed by atoms with Crippen molar-refractivity contribution in [3.05, 3.63) is 29.8 Å². The van der Waals surface area contributed by atoms with Gasteiger partial charge in [0.15, 0.2) is 0 Å². The van der Waals surface area contributed by atoms with Crippen molar-refractivity contribution in [2.45, 2.75) is 39.7 Å². The fourth-order valence-electron chi connectivity index (χ4n) is 2.15. The molecule has 1 aromatic rings. The summed E-state index contributed by atoms with van der Waals surface area (Å²) < 4.78 is 5.55. The monoisotopic (exact) mass is 350 g/mol. The summed E-state index contributed by atoms with van der Waals surface area (Å²) in [6, 6.07) is 5.62. The lowest BCUT2D eigenvalue weighted by Gasteiger charge is -2.26. The van der Waals surface area contributed by atoms with Crippen molar-refractivity contribution in [3.8, 4) is 5.75 Å². The van der Waals surface area contributed by atoms with Crippen LogP contribution in [-0.2, 0) is 9.59 Å². The molecule has 0 aliphatic heterocycles. The van der Waals surface area contributed by atoms with Gasteiger partial charge in [-0.25, -0.2) is 4.79 Å². The van der Waals surface area contributed by atoms with Gasteiger partial charge in [-0.15, -0.1) is 0 Å². The normalized spacial score (nSPS) is 11.5. The molecule has 0 bridgehead atoms. The standard InChI is InChI=1S/C18H26N2O5/c1-4-5-12-25-16-8-6-15(7-9-16)17(22)20(13(2)18(23)24)11-10-19-14(3)21/h6-9,13H,4-5,10-12H2,1-3H3,(H,19,21)(H,23,24). The van der Waals surface area contributed by atoms with Gasteiger partial charge < -0.3 is 20.1 Å². The first kappa shape index (κ1) is 20.5. The Hall–Kier alpha value is -2.57. The van der Waals surface area contributed by atoms with Crippen LogP contribution in [0.25, 0.3) is 0 Å². The van der Waals surface area contributed by atoms with Crippen LogP contribution in [-0.4, -0.2) is 53.5 Å². The third-order valence-electron chi connectivity index (χ3n) is 3.68. The summed E-state index contributed by atoms with van der Waals surface area (Å²) in [6.07, 6.45) is 1.99. The zero-order chi connectivity index (χ0) is 18.8. The predicted molar refractivity (Wildman–Crippen MR) is 93.7 cm³/mol. The van der Waals surface area contributed by atoms with Gasteiger partial charge in [-0.2, -0.15) is 0 Å². The van der Waals surface area contributed by atoms with E-state index >= 15 is 0 Å². The Bertz CT molecular complexity index is 586. The molecule has 1 rings (SSSR count). The molecule has 0 aliphatic carbocycles. The number of hydrogen-bond acceptors (Lipinski definition) is 4. The van der Waals surface area contributed by atoms with E-state index in [0.717, 1.165) is 12.8 Å². The molecule has 0 saturated carbocycles. The first-order valence-electron chi connectivity index (χ1n) is 8.37. The van der Waals surface area contributed by atoms with E-state index in [-0.39, 0.29) is 19.0 Å². The highest BCUT2D eigenvalue weighted by molar-refractivity contribution is 5.96. The first-order valence-corrected chi connectivity index (χ1v) is 8.37. The van der Waals surface area contributed by atoms with Gasteiger partial charge in [-0.3, -0.25) is 9.59 Å². The fourth-order valence-corrected chi connectivity index (χ4v) is 2.15. The molecule has 1 aromatic carbocycles. The van der Waals surface area contributed by atoms with Gasteiger partial charge in [0.1, 0.15) is 11.8 Å². The summed E-state index contributed by atoms with van der Waals surface area (Å²) in [5, 5.41) is 11.8. The number of rotatable bonds is 10. The molecule has 0 radical (unpaired) electrons. The first-order chi connectivity index (χ1) is 11.9. The van der Waals surface area contributed by atoms with Gasteiger partial charge >= 0.3 is 5.97 Å². The fraction of sp³-hybridized carbons (Fsp3) is 0.500. The maximum absolute atomic E-state index is 12.6. The van der Waals surface area contributed by atoms with E-state index in [1.165, 1.54) is 18.7 Å². The van der Waals surface area contributed by atoms with Crippen LogP contribution in [0.5, 0.6) is 5.75 Å². The van der Waals surface area contributed by atoms with Gasteiger partial charge in [0.25, 0.3) is 5.91 Å². The molecule has 7 heteroatoms. The minimum Gasteiger partial charge on any atom is -0.494 e. The number of carboxylic acid groups (broad SMARTS) is 1. The Morgan fingerprint density at radius 3 is 2.40 bits per heavy atom. The minimum atomic E-state index is -1.10. The van der Waals surface area contributed by atoms with Crippen LogP contribution in [0.3, 0.4) is 0 Å². The number of ether oxygens (including phenoxy) is 1. The van der Waals surface area contributed by atoms with E-state index in [2.05, 4.69) is 12.2 Å². The second-order valence-corrected chi connectivity index (χ2v) is 5.72. The van der Waals surface area contributed by atoms with Crippen molar-refractivity contribution >= 4 is 17.8 Å². The maximum Gasteiger partial charge on any atom is 0.326 e. The molecule has 2 amide bonds. The summed E-state index contributed by atoms with van der Waals surface area (Å²) in [7, 11) is 0. The van der Waals surface area contributed by atoms with Gasteiger partial charge in [0.2, 0.25) is 5.91 Å². The van der Waals surface area contributed by atoms with Crippen molar-refractivity contribution < 1.29 is 24.2 Å². The van der Waals surface area contributed by atoms with E-state index in [1.54, 1.807) is 24.3 Å². The van der Waals surface area contributed by atoms with Gasteiger partial charge in [-0.05, 0) is 37.6 Å². The Morgan fingerprint density at radius 2 is 1.88 bits per heavy atom. The van der Waals surface area contributed by atoms with Crippen LogP contribution >= 0.6 is 0 Å².